The number of nitrogens with one attached hydrogen (secondary N) is 1. The van der Waals surface area contributed by atoms with Crippen molar-refractivity contribution in [3.63, 3.8) is 0 Å². The minimum absolute atomic E-state index is 0.0375. The van der Waals surface area contributed by atoms with Gasteiger partial charge in [-0.15, -0.1) is 0 Å². The highest BCUT2D eigenvalue weighted by molar-refractivity contribution is 5.93. The van der Waals surface area contributed by atoms with Crippen LogP contribution in [0.3, 0.4) is 0 Å². The maximum absolute atomic E-state index is 12.2. The van der Waals surface area contributed by atoms with Crippen LogP contribution >= 0.6 is 0 Å². The number of likely N-dealkylation sites (tertiary alicyclic amines) is 1. The maximum atomic E-state index is 12.2. The van der Waals surface area contributed by atoms with Gasteiger partial charge in [-0.25, -0.2) is 0 Å². The molecule has 0 aromatic carbocycles. The molecule has 20 heavy (non-hydrogen) atoms. The first-order valence-corrected chi connectivity index (χ1v) is 7.18. The highest BCUT2D eigenvalue weighted by Crippen LogP contribution is 2.19. The number of carbonyl (C=O) groups excluding carboxylic acids is 1. The molecule has 2 heterocycles. The normalized spacial score (nSPS) is 20.1. The van der Waals surface area contributed by atoms with Crippen molar-refractivity contribution in [2.24, 2.45) is 7.05 Å². The summed E-state index contributed by atoms with van der Waals surface area (Å²) in [5, 5.41) is 16.6. The van der Waals surface area contributed by atoms with Crippen molar-refractivity contribution < 1.29 is 9.90 Å². The molecule has 1 amide bonds. The lowest BCUT2D eigenvalue weighted by Crippen LogP contribution is -2.45. The molecule has 0 spiro atoms. The minimum Gasteiger partial charge on any atom is -0.395 e. The van der Waals surface area contributed by atoms with E-state index in [0.29, 0.717) is 6.54 Å². The molecule has 1 aromatic heterocycles. The second-order valence-corrected chi connectivity index (χ2v) is 5.52. The summed E-state index contributed by atoms with van der Waals surface area (Å²) in [6.07, 6.45) is 3.19. The number of aryl methyl sites for hydroxylation is 2. The Balaban J connectivity index is 1.98. The lowest BCUT2D eigenvalue weighted by Gasteiger charge is -2.33. The van der Waals surface area contributed by atoms with Gasteiger partial charge in [0.05, 0.1) is 30.2 Å². The van der Waals surface area contributed by atoms with Crippen LogP contribution in [0.25, 0.3) is 0 Å². The van der Waals surface area contributed by atoms with Crippen LogP contribution in [0.2, 0.25) is 0 Å². The number of anilines is 1. The van der Waals surface area contributed by atoms with Crippen LogP contribution in [0.1, 0.15) is 30.7 Å². The van der Waals surface area contributed by atoms with E-state index in [2.05, 4.69) is 15.3 Å². The van der Waals surface area contributed by atoms with E-state index in [0.717, 1.165) is 42.9 Å². The number of piperidine rings is 1. The molecule has 1 aliphatic heterocycles. The van der Waals surface area contributed by atoms with Gasteiger partial charge in [0.25, 0.3) is 0 Å². The van der Waals surface area contributed by atoms with E-state index in [-0.39, 0.29) is 18.6 Å². The molecule has 1 unspecified atom stereocenters. The molecule has 1 aromatic rings. The Hall–Kier alpha value is -1.40. The SMILES string of the molecule is Cc1nn(C)c(C)c1NC(=O)CN1CCCCC1CO. The average Bonchev–Trinajstić information content (AvgIpc) is 2.66. The molecule has 1 saturated heterocycles. The molecule has 2 N–H and O–H groups in total. The van der Waals surface area contributed by atoms with Crippen molar-refractivity contribution >= 4 is 11.6 Å². The van der Waals surface area contributed by atoms with E-state index >= 15 is 0 Å². The topological polar surface area (TPSA) is 70.4 Å². The van der Waals surface area contributed by atoms with Gasteiger partial charge in [0.15, 0.2) is 0 Å². The van der Waals surface area contributed by atoms with Gasteiger partial charge in [-0.2, -0.15) is 5.10 Å². The number of nitrogens with zero attached hydrogens (tertiary/aromatic N) is 3. The summed E-state index contributed by atoms with van der Waals surface area (Å²) in [6, 6.07) is 0.116. The van der Waals surface area contributed by atoms with Crippen LogP contribution in [0.5, 0.6) is 0 Å². The number of rotatable bonds is 4. The zero-order valence-corrected chi connectivity index (χ0v) is 12.5. The number of hydrogen-bond donors (Lipinski definition) is 2. The highest BCUT2D eigenvalue weighted by Gasteiger charge is 2.24. The first kappa shape index (κ1) is 15.0. The Morgan fingerprint density at radius 3 is 2.80 bits per heavy atom. The van der Waals surface area contributed by atoms with Gasteiger partial charge >= 0.3 is 0 Å². The Morgan fingerprint density at radius 2 is 2.20 bits per heavy atom. The van der Waals surface area contributed by atoms with Gasteiger partial charge in [0.1, 0.15) is 0 Å². The summed E-state index contributed by atoms with van der Waals surface area (Å²) < 4.78 is 1.77. The summed E-state index contributed by atoms with van der Waals surface area (Å²) in [5.74, 6) is -0.0375. The van der Waals surface area contributed by atoms with Crippen molar-refractivity contribution in [1.29, 1.82) is 0 Å². The molecule has 112 valence electrons. The van der Waals surface area contributed by atoms with Gasteiger partial charge in [-0.3, -0.25) is 14.4 Å². The Labute approximate surface area is 119 Å². The molecule has 0 bridgehead atoms. The molecule has 0 saturated carbocycles. The van der Waals surface area contributed by atoms with Gasteiger partial charge in [0.2, 0.25) is 5.91 Å². The van der Waals surface area contributed by atoms with Crippen molar-refractivity contribution in [2.45, 2.75) is 39.2 Å². The highest BCUT2D eigenvalue weighted by atomic mass is 16.3. The van der Waals surface area contributed by atoms with E-state index in [9.17, 15) is 9.90 Å². The Bertz CT molecular complexity index is 484. The lowest BCUT2D eigenvalue weighted by molar-refractivity contribution is -0.118. The number of aliphatic hydroxyl groups excluding tert-OH is 1. The molecule has 0 radical (unpaired) electrons. The quantitative estimate of drug-likeness (QED) is 0.857. The number of amides is 1. The van der Waals surface area contributed by atoms with E-state index in [1.807, 2.05) is 20.9 Å². The van der Waals surface area contributed by atoms with Crippen LogP contribution < -0.4 is 5.32 Å². The third kappa shape index (κ3) is 3.19. The number of hydrogen-bond acceptors (Lipinski definition) is 4. The predicted molar refractivity (Wildman–Crippen MR) is 77.6 cm³/mol. The number of aliphatic hydroxyl groups is 1. The molecule has 6 heteroatoms. The molecule has 2 rings (SSSR count). The van der Waals surface area contributed by atoms with Crippen molar-refractivity contribution in [3.05, 3.63) is 11.4 Å². The molecule has 0 aliphatic carbocycles. The van der Waals surface area contributed by atoms with Crippen LogP contribution in [-0.2, 0) is 11.8 Å². The van der Waals surface area contributed by atoms with Crippen molar-refractivity contribution in [1.82, 2.24) is 14.7 Å². The monoisotopic (exact) mass is 280 g/mol. The fourth-order valence-corrected chi connectivity index (χ4v) is 2.79. The van der Waals surface area contributed by atoms with Gasteiger partial charge in [-0.05, 0) is 33.2 Å². The van der Waals surface area contributed by atoms with Crippen molar-refractivity contribution in [2.75, 3.05) is 25.0 Å². The summed E-state index contributed by atoms with van der Waals surface area (Å²) in [4.78, 5) is 14.3. The van der Waals surface area contributed by atoms with Gasteiger partial charge in [-0.1, -0.05) is 6.42 Å². The minimum atomic E-state index is -0.0375. The standard InChI is InChI=1S/C14H24N4O2/c1-10-14(11(2)17(3)16-10)15-13(20)8-18-7-5-4-6-12(18)9-19/h12,19H,4-9H2,1-3H3,(H,15,20). The summed E-state index contributed by atoms with van der Waals surface area (Å²) in [5.41, 5.74) is 2.58. The molecule has 1 atom stereocenters. The predicted octanol–water partition coefficient (Wildman–Crippen LogP) is 0.822. The third-order valence-electron chi connectivity index (χ3n) is 4.08. The zero-order chi connectivity index (χ0) is 14.7. The third-order valence-corrected chi connectivity index (χ3v) is 4.08. The summed E-state index contributed by atoms with van der Waals surface area (Å²) in [6.45, 7) is 5.16. The second-order valence-electron chi connectivity index (χ2n) is 5.52. The van der Waals surface area contributed by atoms with E-state index in [1.54, 1.807) is 4.68 Å². The Morgan fingerprint density at radius 1 is 1.45 bits per heavy atom. The van der Waals surface area contributed by atoms with Crippen LogP contribution in [0, 0.1) is 13.8 Å². The summed E-state index contributed by atoms with van der Waals surface area (Å²) in [7, 11) is 1.87. The smallest absolute Gasteiger partial charge is 0.238 e. The number of carbonyl (C=O) groups is 1. The second kappa shape index (κ2) is 6.37. The molecular formula is C14H24N4O2. The van der Waals surface area contributed by atoms with E-state index in [1.165, 1.54) is 0 Å². The van der Waals surface area contributed by atoms with E-state index < -0.39 is 0 Å². The largest absolute Gasteiger partial charge is 0.395 e. The lowest BCUT2D eigenvalue weighted by atomic mass is 10.0. The van der Waals surface area contributed by atoms with E-state index in [4.69, 9.17) is 0 Å². The Kier molecular flexibility index (Phi) is 4.77. The van der Waals surface area contributed by atoms with Crippen LogP contribution in [-0.4, -0.2) is 51.4 Å². The summed E-state index contributed by atoms with van der Waals surface area (Å²) >= 11 is 0. The molecular weight excluding hydrogens is 256 g/mol. The van der Waals surface area contributed by atoms with Gasteiger partial charge < -0.3 is 10.4 Å². The zero-order valence-electron chi connectivity index (χ0n) is 12.5. The first-order chi connectivity index (χ1) is 9.52. The first-order valence-electron chi connectivity index (χ1n) is 7.18. The van der Waals surface area contributed by atoms with Crippen LogP contribution in [0.4, 0.5) is 5.69 Å². The number of aromatic nitrogens is 2. The maximum Gasteiger partial charge on any atom is 0.238 e. The van der Waals surface area contributed by atoms with Gasteiger partial charge in [0, 0.05) is 13.1 Å². The molecule has 6 nitrogen and oxygen atoms in total. The average molecular weight is 280 g/mol. The fourth-order valence-electron chi connectivity index (χ4n) is 2.79. The fraction of sp³-hybridized carbons (Fsp3) is 0.714. The molecule has 1 fully saturated rings. The van der Waals surface area contributed by atoms with Crippen molar-refractivity contribution in [3.8, 4) is 0 Å². The molecule has 1 aliphatic rings. The van der Waals surface area contributed by atoms with Crippen LogP contribution in [0.15, 0.2) is 0 Å².